The molecule has 7 nitrogen and oxygen atoms in total. The van der Waals surface area contributed by atoms with E-state index in [-0.39, 0.29) is 17.9 Å². The molecule has 39 heavy (non-hydrogen) atoms. The Bertz CT molecular complexity index is 1080. The maximum Gasteiger partial charge on any atom is 0.417 e. The van der Waals surface area contributed by atoms with E-state index in [9.17, 15) is 18.0 Å². The van der Waals surface area contributed by atoms with Gasteiger partial charge in [-0.3, -0.25) is 14.6 Å². The van der Waals surface area contributed by atoms with Crippen molar-refractivity contribution in [2.24, 2.45) is 5.92 Å². The SMILES string of the molecule is Cc1noc(C)c1CN1CCC(N2CCC(N(C(=O)C3CCCCC3)c3ccc(C(F)(F)F)cn3)CC2)CC1. The molecule has 1 amide bonds. The lowest BCUT2D eigenvalue weighted by Crippen LogP contribution is -2.53. The van der Waals surface area contributed by atoms with Crippen LogP contribution in [-0.2, 0) is 17.5 Å². The molecule has 1 aliphatic carbocycles. The monoisotopic (exact) mass is 547 g/mol. The second-order valence-corrected chi connectivity index (χ2v) is 11.5. The second kappa shape index (κ2) is 12.0. The Kier molecular flexibility index (Phi) is 8.61. The van der Waals surface area contributed by atoms with Crippen molar-refractivity contribution in [2.45, 2.75) is 96.4 Å². The number of carbonyl (C=O) groups is 1. The molecule has 3 aliphatic rings. The fourth-order valence-electron chi connectivity index (χ4n) is 6.63. The van der Waals surface area contributed by atoms with Crippen LogP contribution in [0.15, 0.2) is 22.9 Å². The predicted octanol–water partition coefficient (Wildman–Crippen LogP) is 5.75. The molecule has 2 aromatic heterocycles. The molecule has 0 bridgehead atoms. The van der Waals surface area contributed by atoms with Gasteiger partial charge in [0.25, 0.3) is 0 Å². The van der Waals surface area contributed by atoms with Crippen LogP contribution in [0, 0.1) is 19.8 Å². The van der Waals surface area contributed by atoms with E-state index >= 15 is 0 Å². The highest BCUT2D eigenvalue weighted by Crippen LogP contribution is 2.34. The van der Waals surface area contributed by atoms with Gasteiger partial charge < -0.3 is 9.42 Å². The van der Waals surface area contributed by atoms with Crippen molar-refractivity contribution in [3.63, 3.8) is 0 Å². The molecule has 1 saturated carbocycles. The van der Waals surface area contributed by atoms with Crippen LogP contribution in [0.2, 0.25) is 0 Å². The number of likely N-dealkylation sites (tertiary alicyclic amines) is 2. The van der Waals surface area contributed by atoms with Gasteiger partial charge in [-0.05, 0) is 77.6 Å². The number of hydrogen-bond donors (Lipinski definition) is 0. The molecule has 0 aromatic carbocycles. The molecule has 0 radical (unpaired) electrons. The first-order valence-corrected chi connectivity index (χ1v) is 14.4. The van der Waals surface area contributed by atoms with Gasteiger partial charge in [0.2, 0.25) is 5.91 Å². The van der Waals surface area contributed by atoms with Gasteiger partial charge >= 0.3 is 6.18 Å². The molecular formula is C29H40F3N5O2. The van der Waals surface area contributed by atoms with Crippen molar-refractivity contribution >= 4 is 11.7 Å². The van der Waals surface area contributed by atoms with Crippen molar-refractivity contribution in [3.8, 4) is 0 Å². The van der Waals surface area contributed by atoms with E-state index in [1.807, 2.05) is 13.8 Å². The number of carbonyl (C=O) groups excluding carboxylic acids is 1. The minimum Gasteiger partial charge on any atom is -0.361 e. The minimum absolute atomic E-state index is 0.0352. The molecule has 5 rings (SSSR count). The van der Waals surface area contributed by atoms with Crippen LogP contribution < -0.4 is 4.90 Å². The Hall–Kier alpha value is -2.46. The molecule has 4 heterocycles. The van der Waals surface area contributed by atoms with Gasteiger partial charge in [0.1, 0.15) is 11.6 Å². The average Bonchev–Trinajstić information content (AvgIpc) is 3.26. The summed E-state index contributed by atoms with van der Waals surface area (Å²) in [6.45, 7) is 8.64. The summed E-state index contributed by atoms with van der Waals surface area (Å²) in [4.78, 5) is 24.6. The topological polar surface area (TPSA) is 65.7 Å². The van der Waals surface area contributed by atoms with Crippen LogP contribution in [0.3, 0.4) is 0 Å². The van der Waals surface area contributed by atoms with Crippen molar-refractivity contribution < 1.29 is 22.5 Å². The molecule has 2 aliphatic heterocycles. The number of piperidine rings is 2. The standard InChI is InChI=1S/C29H40F3N5O2/c1-20-26(21(2)39-34-20)19-35-14-10-24(11-15-35)36-16-12-25(13-17-36)37(28(38)22-6-4-3-5-7-22)27-9-8-23(18-33-27)29(30,31)32/h8-9,18,22,24-25H,3-7,10-17,19H2,1-2H3. The summed E-state index contributed by atoms with van der Waals surface area (Å²) in [6.07, 6.45) is 5.11. The third-order valence-electron chi connectivity index (χ3n) is 9.01. The number of alkyl halides is 3. The van der Waals surface area contributed by atoms with Gasteiger partial charge in [-0.15, -0.1) is 0 Å². The molecule has 0 unspecified atom stereocenters. The van der Waals surface area contributed by atoms with Crippen LogP contribution in [0.1, 0.15) is 80.4 Å². The summed E-state index contributed by atoms with van der Waals surface area (Å²) in [6, 6.07) is 2.90. The maximum atomic E-state index is 13.7. The van der Waals surface area contributed by atoms with Gasteiger partial charge in [0, 0.05) is 49.4 Å². The van der Waals surface area contributed by atoms with Crippen LogP contribution >= 0.6 is 0 Å². The Morgan fingerprint density at radius 2 is 1.69 bits per heavy atom. The number of amides is 1. The summed E-state index contributed by atoms with van der Waals surface area (Å²) in [5, 5.41) is 4.08. The first-order valence-electron chi connectivity index (χ1n) is 14.4. The van der Waals surface area contributed by atoms with Crippen molar-refractivity contribution in [2.75, 3.05) is 31.1 Å². The number of anilines is 1. The molecule has 0 atom stereocenters. The zero-order valence-electron chi connectivity index (χ0n) is 23.1. The number of aryl methyl sites for hydroxylation is 2. The second-order valence-electron chi connectivity index (χ2n) is 11.5. The number of nitrogens with zero attached hydrogens (tertiary/aromatic N) is 5. The lowest BCUT2D eigenvalue weighted by molar-refractivity contribution is -0.137. The lowest BCUT2D eigenvalue weighted by Gasteiger charge is -2.44. The van der Waals surface area contributed by atoms with Crippen molar-refractivity contribution in [1.82, 2.24) is 19.9 Å². The van der Waals surface area contributed by atoms with Crippen LogP contribution in [0.5, 0.6) is 0 Å². The van der Waals surface area contributed by atoms with E-state index in [0.29, 0.717) is 11.9 Å². The molecular weight excluding hydrogens is 507 g/mol. The number of pyridine rings is 1. The molecule has 10 heteroatoms. The first kappa shape index (κ1) is 28.1. The number of aromatic nitrogens is 2. The van der Waals surface area contributed by atoms with Crippen molar-refractivity contribution in [1.29, 1.82) is 0 Å². The van der Waals surface area contributed by atoms with Gasteiger partial charge in [0.15, 0.2) is 0 Å². The van der Waals surface area contributed by atoms with E-state index in [1.165, 1.54) is 11.6 Å². The van der Waals surface area contributed by atoms with Crippen LogP contribution in [0.25, 0.3) is 0 Å². The Labute approximate surface area is 228 Å². The zero-order valence-corrected chi connectivity index (χ0v) is 23.1. The summed E-state index contributed by atoms with van der Waals surface area (Å²) in [5.41, 5.74) is 1.37. The minimum atomic E-state index is -4.45. The highest BCUT2D eigenvalue weighted by molar-refractivity contribution is 5.94. The van der Waals surface area contributed by atoms with Gasteiger partial charge in [0.05, 0.1) is 11.3 Å². The smallest absolute Gasteiger partial charge is 0.361 e. The summed E-state index contributed by atoms with van der Waals surface area (Å²) >= 11 is 0. The van der Waals surface area contributed by atoms with E-state index in [0.717, 1.165) is 114 Å². The van der Waals surface area contributed by atoms with E-state index in [4.69, 9.17) is 4.52 Å². The quantitative estimate of drug-likeness (QED) is 0.459. The van der Waals surface area contributed by atoms with Crippen LogP contribution in [0.4, 0.5) is 19.0 Å². The largest absolute Gasteiger partial charge is 0.417 e. The van der Waals surface area contributed by atoms with Crippen LogP contribution in [-0.4, -0.2) is 64.1 Å². The highest BCUT2D eigenvalue weighted by atomic mass is 19.4. The molecule has 0 N–H and O–H groups in total. The van der Waals surface area contributed by atoms with E-state index in [1.54, 1.807) is 4.90 Å². The Balaban J connectivity index is 1.21. The van der Waals surface area contributed by atoms with E-state index < -0.39 is 11.7 Å². The predicted molar refractivity (Wildman–Crippen MR) is 142 cm³/mol. The fourth-order valence-corrected chi connectivity index (χ4v) is 6.63. The Morgan fingerprint density at radius 1 is 1.00 bits per heavy atom. The molecule has 0 spiro atoms. The molecule has 214 valence electrons. The highest BCUT2D eigenvalue weighted by Gasteiger charge is 2.37. The average molecular weight is 548 g/mol. The number of rotatable bonds is 6. The number of hydrogen-bond acceptors (Lipinski definition) is 6. The van der Waals surface area contributed by atoms with E-state index in [2.05, 4.69) is 19.9 Å². The third-order valence-corrected chi connectivity index (χ3v) is 9.01. The molecule has 2 saturated heterocycles. The van der Waals surface area contributed by atoms with Crippen molar-refractivity contribution in [3.05, 3.63) is 40.9 Å². The fraction of sp³-hybridized carbons (Fsp3) is 0.690. The number of halogens is 3. The van der Waals surface area contributed by atoms with Gasteiger partial charge in [-0.2, -0.15) is 13.2 Å². The normalized spacial score (nSPS) is 21.4. The summed E-state index contributed by atoms with van der Waals surface area (Å²) in [5.74, 6) is 1.21. The maximum absolute atomic E-state index is 13.7. The molecule has 2 aromatic rings. The Morgan fingerprint density at radius 3 is 2.26 bits per heavy atom. The lowest BCUT2D eigenvalue weighted by atomic mass is 9.87. The molecule has 3 fully saturated rings. The zero-order chi connectivity index (χ0) is 27.6. The first-order chi connectivity index (χ1) is 18.7. The van der Waals surface area contributed by atoms with Gasteiger partial charge in [-0.25, -0.2) is 4.98 Å². The third kappa shape index (κ3) is 6.48. The van der Waals surface area contributed by atoms with Gasteiger partial charge in [-0.1, -0.05) is 24.4 Å². The summed E-state index contributed by atoms with van der Waals surface area (Å²) < 4.78 is 44.8. The summed E-state index contributed by atoms with van der Waals surface area (Å²) in [7, 11) is 0.